The van der Waals surface area contributed by atoms with Gasteiger partial charge in [0.25, 0.3) is 0 Å². The average Bonchev–Trinajstić information content (AvgIpc) is 1.96. The van der Waals surface area contributed by atoms with Gasteiger partial charge in [-0.1, -0.05) is 0 Å². The Morgan fingerprint density at radius 2 is 0.643 bits per heavy atom. The summed E-state index contributed by atoms with van der Waals surface area (Å²) in [6.45, 7) is 6.20. The molecule has 4 atom stereocenters. The van der Waals surface area contributed by atoms with E-state index in [4.69, 9.17) is 0 Å². The van der Waals surface area contributed by atoms with E-state index in [0.29, 0.717) is 0 Å². The molecule has 0 spiro atoms. The van der Waals surface area contributed by atoms with E-state index in [1.54, 1.807) is 27.7 Å². The second kappa shape index (κ2) is 5.66. The molecule has 0 heterocycles. The smallest absolute Gasteiger partial charge is 0.0569 e. The van der Waals surface area contributed by atoms with Crippen LogP contribution in [0.15, 0.2) is 0 Å². The minimum absolute atomic E-state index is 0.519. The molecular weight excluding hydrogens is 184 g/mol. The van der Waals surface area contributed by atoms with Crippen LogP contribution in [0.25, 0.3) is 0 Å². The predicted molar refractivity (Wildman–Crippen MR) is 53.7 cm³/mol. The third-order valence-electron chi connectivity index (χ3n) is 2.67. The van der Waals surface area contributed by atoms with E-state index in [9.17, 15) is 20.4 Å². The fourth-order valence-corrected chi connectivity index (χ4v) is 2.09. The highest BCUT2D eigenvalue weighted by molar-refractivity contribution is 4.84. The molecule has 0 amide bonds. The number of hydrogen-bond acceptors (Lipinski definition) is 4. The highest BCUT2D eigenvalue weighted by Crippen LogP contribution is 2.26. The van der Waals surface area contributed by atoms with Crippen molar-refractivity contribution in [2.24, 2.45) is 11.8 Å². The number of hydrogen-bond donors (Lipinski definition) is 4. The average molecular weight is 206 g/mol. The maximum Gasteiger partial charge on any atom is 0.0569 e. The Hall–Kier alpha value is -0.160. The summed E-state index contributed by atoms with van der Waals surface area (Å²) in [5, 5.41) is 37.9. The molecule has 4 nitrogen and oxygen atoms in total. The van der Waals surface area contributed by atoms with Crippen molar-refractivity contribution in [3.8, 4) is 0 Å². The molecule has 0 bridgehead atoms. The Morgan fingerprint density at radius 1 is 0.500 bits per heavy atom. The first-order chi connectivity index (χ1) is 6.29. The molecule has 4 N–H and O–H groups in total. The second-order valence-corrected chi connectivity index (χ2v) is 4.12. The first-order valence-electron chi connectivity index (χ1n) is 5.01. The van der Waals surface area contributed by atoms with Crippen LogP contribution in [0.1, 0.15) is 27.7 Å². The molecule has 0 radical (unpaired) electrons. The summed E-state index contributed by atoms with van der Waals surface area (Å²) in [5.41, 5.74) is 0. The Bertz CT molecular complexity index is 120. The molecule has 86 valence electrons. The highest BCUT2D eigenvalue weighted by Gasteiger charge is 2.35. The minimum Gasteiger partial charge on any atom is -0.393 e. The molecule has 0 saturated carbocycles. The van der Waals surface area contributed by atoms with Gasteiger partial charge in [-0.3, -0.25) is 0 Å². The fraction of sp³-hybridized carbons (Fsp3) is 1.00. The third kappa shape index (κ3) is 3.53. The second-order valence-electron chi connectivity index (χ2n) is 4.12. The summed E-state index contributed by atoms with van der Waals surface area (Å²) in [5.74, 6) is -1.04. The molecule has 0 aliphatic carbocycles. The van der Waals surface area contributed by atoms with Crippen molar-refractivity contribution in [2.45, 2.75) is 52.1 Å². The molecule has 0 saturated heterocycles. The zero-order valence-electron chi connectivity index (χ0n) is 9.25. The van der Waals surface area contributed by atoms with Crippen LogP contribution in [-0.4, -0.2) is 44.8 Å². The molecule has 0 aromatic rings. The van der Waals surface area contributed by atoms with Gasteiger partial charge in [-0.2, -0.15) is 0 Å². The largest absolute Gasteiger partial charge is 0.393 e. The summed E-state index contributed by atoms with van der Waals surface area (Å²) < 4.78 is 0. The van der Waals surface area contributed by atoms with Crippen LogP contribution >= 0.6 is 0 Å². The predicted octanol–water partition coefficient (Wildman–Crippen LogP) is -0.258. The molecule has 4 unspecified atom stereocenters. The van der Waals surface area contributed by atoms with E-state index in [1.807, 2.05) is 0 Å². The molecule has 0 aromatic carbocycles. The van der Waals surface area contributed by atoms with Gasteiger partial charge in [0.2, 0.25) is 0 Å². The lowest BCUT2D eigenvalue weighted by Crippen LogP contribution is -2.44. The van der Waals surface area contributed by atoms with Crippen molar-refractivity contribution in [1.82, 2.24) is 0 Å². The van der Waals surface area contributed by atoms with Gasteiger partial charge in [-0.05, 0) is 27.7 Å². The van der Waals surface area contributed by atoms with Crippen molar-refractivity contribution >= 4 is 0 Å². The first kappa shape index (κ1) is 13.8. The maximum absolute atomic E-state index is 9.47. The Kier molecular flexibility index (Phi) is 5.59. The minimum atomic E-state index is -0.760. The van der Waals surface area contributed by atoms with Crippen LogP contribution in [-0.2, 0) is 0 Å². The van der Waals surface area contributed by atoms with Crippen LogP contribution in [0.3, 0.4) is 0 Å². The number of rotatable bonds is 5. The Morgan fingerprint density at radius 3 is 0.714 bits per heavy atom. The lowest BCUT2D eigenvalue weighted by molar-refractivity contribution is -0.0804. The quantitative estimate of drug-likeness (QED) is 0.500. The van der Waals surface area contributed by atoms with Gasteiger partial charge in [-0.25, -0.2) is 0 Å². The standard InChI is InChI=1S/C10H22O4/c1-5(11)9(6(2)12)10(7(3)13)8(4)14/h5-14H,1-4H3. The van der Waals surface area contributed by atoms with Gasteiger partial charge in [-0.15, -0.1) is 0 Å². The highest BCUT2D eigenvalue weighted by atomic mass is 16.3. The van der Waals surface area contributed by atoms with Crippen LogP contribution in [0.4, 0.5) is 0 Å². The van der Waals surface area contributed by atoms with Crippen LogP contribution in [0.5, 0.6) is 0 Å². The fourth-order valence-electron chi connectivity index (χ4n) is 2.09. The molecule has 0 fully saturated rings. The molecule has 0 aromatic heterocycles. The van der Waals surface area contributed by atoms with Gasteiger partial charge in [0.1, 0.15) is 0 Å². The van der Waals surface area contributed by atoms with Gasteiger partial charge in [0.15, 0.2) is 0 Å². The summed E-state index contributed by atoms with van der Waals surface area (Å²) in [4.78, 5) is 0. The van der Waals surface area contributed by atoms with Gasteiger partial charge < -0.3 is 20.4 Å². The summed E-state index contributed by atoms with van der Waals surface area (Å²) in [6, 6.07) is 0. The Balaban J connectivity index is 4.74. The van der Waals surface area contributed by atoms with E-state index in [-0.39, 0.29) is 0 Å². The topological polar surface area (TPSA) is 80.9 Å². The molecule has 0 aliphatic heterocycles. The SMILES string of the molecule is CC(O)C(C(C)O)C(C(C)O)C(C)O. The zero-order chi connectivity index (χ0) is 11.5. The monoisotopic (exact) mass is 206 g/mol. The number of aliphatic hydroxyl groups is 4. The van der Waals surface area contributed by atoms with Gasteiger partial charge in [0, 0.05) is 11.8 Å². The maximum atomic E-state index is 9.47. The van der Waals surface area contributed by atoms with E-state index in [0.717, 1.165) is 0 Å². The van der Waals surface area contributed by atoms with E-state index in [1.165, 1.54) is 0 Å². The zero-order valence-corrected chi connectivity index (χ0v) is 9.25. The van der Waals surface area contributed by atoms with E-state index in [2.05, 4.69) is 0 Å². The first-order valence-corrected chi connectivity index (χ1v) is 5.01. The lowest BCUT2D eigenvalue weighted by Gasteiger charge is -2.35. The lowest BCUT2D eigenvalue weighted by atomic mass is 9.78. The van der Waals surface area contributed by atoms with E-state index < -0.39 is 36.3 Å². The normalized spacial score (nSPS) is 24.9. The van der Waals surface area contributed by atoms with Crippen molar-refractivity contribution in [2.75, 3.05) is 0 Å². The third-order valence-corrected chi connectivity index (χ3v) is 2.67. The number of aliphatic hydroxyl groups excluding tert-OH is 4. The van der Waals surface area contributed by atoms with Crippen molar-refractivity contribution in [1.29, 1.82) is 0 Å². The van der Waals surface area contributed by atoms with Crippen LogP contribution < -0.4 is 0 Å². The van der Waals surface area contributed by atoms with Crippen LogP contribution in [0.2, 0.25) is 0 Å². The molecular formula is C10H22O4. The molecule has 14 heavy (non-hydrogen) atoms. The summed E-state index contributed by atoms with van der Waals surface area (Å²) in [7, 11) is 0. The van der Waals surface area contributed by atoms with E-state index >= 15 is 0 Å². The van der Waals surface area contributed by atoms with Gasteiger partial charge in [0.05, 0.1) is 24.4 Å². The summed E-state index contributed by atoms with van der Waals surface area (Å²) in [6.07, 6.45) is -3.04. The molecule has 4 heteroatoms. The summed E-state index contributed by atoms with van der Waals surface area (Å²) >= 11 is 0. The van der Waals surface area contributed by atoms with Crippen molar-refractivity contribution in [3.63, 3.8) is 0 Å². The van der Waals surface area contributed by atoms with Crippen LogP contribution in [0, 0.1) is 11.8 Å². The molecule has 0 aliphatic rings. The Labute approximate surface area is 85.2 Å². The van der Waals surface area contributed by atoms with Gasteiger partial charge >= 0.3 is 0 Å². The molecule has 0 rings (SSSR count). The van der Waals surface area contributed by atoms with Crippen molar-refractivity contribution < 1.29 is 20.4 Å². The van der Waals surface area contributed by atoms with Crippen molar-refractivity contribution in [3.05, 3.63) is 0 Å².